The van der Waals surface area contributed by atoms with Gasteiger partial charge in [0.25, 0.3) is 5.91 Å². The first-order chi connectivity index (χ1) is 14.1. The monoisotopic (exact) mass is 398 g/mol. The molecule has 29 heavy (non-hydrogen) atoms. The summed E-state index contributed by atoms with van der Waals surface area (Å²) in [7, 11) is 0. The zero-order valence-electron chi connectivity index (χ0n) is 16.8. The smallest absolute Gasteiger partial charge is 0.329 e. The summed E-state index contributed by atoms with van der Waals surface area (Å²) in [5.41, 5.74) is 0.552. The Labute approximate surface area is 171 Å². The summed E-state index contributed by atoms with van der Waals surface area (Å²) < 4.78 is 0. The first-order valence-electron chi connectivity index (χ1n) is 10.8. The van der Waals surface area contributed by atoms with E-state index in [4.69, 9.17) is 0 Å². The van der Waals surface area contributed by atoms with Crippen molar-refractivity contribution < 1.29 is 14.4 Å². The molecule has 0 spiro atoms. The molecular weight excluding hydrogens is 368 g/mol. The maximum absolute atomic E-state index is 12.6. The molecule has 3 fully saturated rings. The molecule has 4 amide bonds. The minimum atomic E-state index is -0.642. The van der Waals surface area contributed by atoms with Gasteiger partial charge in [0.05, 0.1) is 5.69 Å². The van der Waals surface area contributed by atoms with E-state index in [-0.39, 0.29) is 18.2 Å². The first kappa shape index (κ1) is 19.9. The van der Waals surface area contributed by atoms with Crippen LogP contribution < -0.4 is 15.5 Å². The SMILES string of the molecule is O=C(CC[C@@H]1NC(=O)N(c2ccccc2)C1=O)NC[C@@H]1CCCN2CCCC[C@@H]12. The van der Waals surface area contributed by atoms with E-state index < -0.39 is 12.1 Å². The Morgan fingerprint density at radius 3 is 2.69 bits per heavy atom. The number of rotatable bonds is 6. The number of amides is 4. The van der Waals surface area contributed by atoms with E-state index in [2.05, 4.69) is 15.5 Å². The van der Waals surface area contributed by atoms with Crippen molar-refractivity contribution in [2.45, 2.75) is 57.0 Å². The van der Waals surface area contributed by atoms with Crippen molar-refractivity contribution in [1.82, 2.24) is 15.5 Å². The summed E-state index contributed by atoms with van der Waals surface area (Å²) in [5.74, 6) is 0.187. The number of imide groups is 1. The number of benzene rings is 1. The van der Waals surface area contributed by atoms with Crippen molar-refractivity contribution in [2.24, 2.45) is 5.92 Å². The van der Waals surface area contributed by atoms with Gasteiger partial charge < -0.3 is 15.5 Å². The number of nitrogens with one attached hydrogen (secondary N) is 2. The molecule has 156 valence electrons. The fourth-order valence-electron chi connectivity index (χ4n) is 4.97. The fraction of sp³-hybridized carbons (Fsp3) is 0.591. The molecule has 4 rings (SSSR count). The van der Waals surface area contributed by atoms with Gasteiger partial charge in [0, 0.05) is 19.0 Å². The van der Waals surface area contributed by atoms with Gasteiger partial charge in [-0.1, -0.05) is 24.6 Å². The molecule has 3 saturated heterocycles. The number of para-hydroxylation sites is 1. The van der Waals surface area contributed by atoms with Gasteiger partial charge in [0.2, 0.25) is 5.91 Å². The van der Waals surface area contributed by atoms with E-state index in [9.17, 15) is 14.4 Å². The third kappa shape index (κ3) is 4.45. The van der Waals surface area contributed by atoms with Gasteiger partial charge in [-0.15, -0.1) is 0 Å². The van der Waals surface area contributed by atoms with Crippen molar-refractivity contribution in [3.8, 4) is 0 Å². The summed E-state index contributed by atoms with van der Waals surface area (Å²) in [6.07, 6.45) is 6.74. The van der Waals surface area contributed by atoms with Gasteiger partial charge in [0.1, 0.15) is 6.04 Å². The topological polar surface area (TPSA) is 81.8 Å². The molecule has 1 aromatic rings. The number of nitrogens with zero attached hydrogens (tertiary/aromatic N) is 2. The molecule has 3 heterocycles. The molecule has 0 radical (unpaired) electrons. The largest absolute Gasteiger partial charge is 0.356 e. The number of carbonyl (C=O) groups is 3. The Morgan fingerprint density at radius 1 is 1.07 bits per heavy atom. The number of fused-ring (bicyclic) bond motifs is 1. The van der Waals surface area contributed by atoms with Gasteiger partial charge in [-0.05, 0) is 63.2 Å². The Balaban J connectivity index is 1.24. The van der Waals surface area contributed by atoms with Gasteiger partial charge in [-0.25, -0.2) is 9.69 Å². The quantitative estimate of drug-likeness (QED) is 0.721. The van der Waals surface area contributed by atoms with Crippen LogP contribution in [0.5, 0.6) is 0 Å². The Hall–Kier alpha value is -2.41. The van der Waals surface area contributed by atoms with Crippen LogP contribution >= 0.6 is 0 Å². The highest BCUT2D eigenvalue weighted by Gasteiger charge is 2.39. The second kappa shape index (κ2) is 8.95. The minimum Gasteiger partial charge on any atom is -0.356 e. The van der Waals surface area contributed by atoms with Gasteiger partial charge in [0.15, 0.2) is 0 Å². The zero-order chi connectivity index (χ0) is 20.2. The maximum atomic E-state index is 12.6. The average molecular weight is 399 g/mol. The van der Waals surface area contributed by atoms with E-state index in [1.54, 1.807) is 24.3 Å². The van der Waals surface area contributed by atoms with E-state index >= 15 is 0 Å². The Bertz CT molecular complexity index is 752. The van der Waals surface area contributed by atoms with Crippen molar-refractivity contribution in [3.05, 3.63) is 30.3 Å². The van der Waals surface area contributed by atoms with Crippen molar-refractivity contribution in [2.75, 3.05) is 24.5 Å². The van der Waals surface area contributed by atoms with Crippen LogP contribution in [0.15, 0.2) is 30.3 Å². The molecule has 3 aliphatic rings. The number of anilines is 1. The predicted molar refractivity (Wildman–Crippen MR) is 110 cm³/mol. The highest BCUT2D eigenvalue weighted by atomic mass is 16.2. The standard InChI is InChI=1S/C22H30N4O3/c27-20(23-15-16-7-6-14-25-13-5-4-10-19(16)25)12-11-18-21(28)26(22(29)24-18)17-8-2-1-3-9-17/h1-3,8-9,16,18-19H,4-7,10-15H2,(H,23,27)(H,24,29)/t16-,18-,19-/m0/s1. The van der Waals surface area contributed by atoms with Crippen LogP contribution in [0.3, 0.4) is 0 Å². The molecule has 0 aliphatic carbocycles. The number of urea groups is 1. The summed E-state index contributed by atoms with van der Waals surface area (Å²) in [5, 5.41) is 5.78. The minimum absolute atomic E-state index is 0.0434. The van der Waals surface area contributed by atoms with Crippen LogP contribution in [0.2, 0.25) is 0 Å². The van der Waals surface area contributed by atoms with Gasteiger partial charge in [-0.3, -0.25) is 9.59 Å². The summed E-state index contributed by atoms with van der Waals surface area (Å²) in [6, 6.07) is 8.40. The summed E-state index contributed by atoms with van der Waals surface area (Å²) in [4.78, 5) is 40.9. The third-order valence-corrected chi connectivity index (χ3v) is 6.48. The molecule has 0 unspecified atom stereocenters. The van der Waals surface area contributed by atoms with E-state index in [1.165, 1.54) is 45.2 Å². The predicted octanol–water partition coefficient (Wildman–Crippen LogP) is 2.27. The third-order valence-electron chi connectivity index (χ3n) is 6.48. The van der Waals surface area contributed by atoms with Gasteiger partial charge >= 0.3 is 6.03 Å². The Kier molecular flexibility index (Phi) is 6.13. The second-order valence-corrected chi connectivity index (χ2v) is 8.36. The summed E-state index contributed by atoms with van der Waals surface area (Å²) in [6.45, 7) is 3.09. The number of hydrogen-bond donors (Lipinski definition) is 2. The van der Waals surface area contributed by atoms with E-state index in [0.717, 1.165) is 4.90 Å². The van der Waals surface area contributed by atoms with E-state index in [0.29, 0.717) is 30.6 Å². The normalized spacial score (nSPS) is 27.4. The second-order valence-electron chi connectivity index (χ2n) is 8.36. The van der Waals surface area contributed by atoms with Crippen LogP contribution in [0.4, 0.5) is 10.5 Å². The number of hydrogen-bond acceptors (Lipinski definition) is 4. The highest BCUT2D eigenvalue weighted by Crippen LogP contribution is 2.30. The molecule has 7 heteroatoms. The van der Waals surface area contributed by atoms with E-state index in [1.807, 2.05) is 6.07 Å². The molecule has 1 aromatic carbocycles. The van der Waals surface area contributed by atoms with Crippen LogP contribution in [-0.4, -0.2) is 54.5 Å². The highest BCUT2D eigenvalue weighted by molar-refractivity contribution is 6.21. The molecule has 3 atom stereocenters. The Morgan fingerprint density at radius 2 is 1.86 bits per heavy atom. The summed E-state index contributed by atoms with van der Waals surface area (Å²) >= 11 is 0. The molecule has 0 aromatic heterocycles. The lowest BCUT2D eigenvalue weighted by Crippen LogP contribution is -2.51. The molecular formula is C22H30N4O3. The molecule has 2 N–H and O–H groups in total. The molecule has 0 saturated carbocycles. The van der Waals surface area contributed by atoms with Crippen LogP contribution in [0.1, 0.15) is 44.9 Å². The average Bonchev–Trinajstić information content (AvgIpc) is 3.04. The van der Waals surface area contributed by atoms with Gasteiger partial charge in [-0.2, -0.15) is 0 Å². The van der Waals surface area contributed by atoms with Crippen LogP contribution in [0, 0.1) is 5.92 Å². The van der Waals surface area contributed by atoms with Crippen molar-refractivity contribution >= 4 is 23.5 Å². The lowest BCUT2D eigenvalue weighted by atomic mass is 9.83. The van der Waals surface area contributed by atoms with Crippen molar-refractivity contribution in [3.63, 3.8) is 0 Å². The maximum Gasteiger partial charge on any atom is 0.329 e. The lowest BCUT2D eigenvalue weighted by Gasteiger charge is -2.44. The van der Waals surface area contributed by atoms with Crippen molar-refractivity contribution in [1.29, 1.82) is 0 Å². The number of piperidine rings is 2. The number of carbonyl (C=O) groups excluding carboxylic acids is 3. The molecule has 0 bridgehead atoms. The molecule has 3 aliphatic heterocycles. The first-order valence-corrected chi connectivity index (χ1v) is 10.8. The van der Waals surface area contributed by atoms with Crippen LogP contribution in [0.25, 0.3) is 0 Å². The lowest BCUT2D eigenvalue weighted by molar-refractivity contribution is -0.122. The molecule has 7 nitrogen and oxygen atoms in total. The van der Waals surface area contributed by atoms with Crippen LogP contribution in [-0.2, 0) is 9.59 Å². The fourth-order valence-corrected chi connectivity index (χ4v) is 4.97. The zero-order valence-corrected chi connectivity index (χ0v) is 16.8.